The van der Waals surface area contributed by atoms with E-state index in [1.54, 1.807) is 12.3 Å². The molecule has 4 nitrogen and oxygen atoms in total. The SMILES string of the molecule is CCC(=O)c1ccc(Cn2cc(C(=O)NC3CCC3)c3c(F)cccc32)cc1. The van der Waals surface area contributed by atoms with E-state index in [2.05, 4.69) is 5.32 Å². The van der Waals surface area contributed by atoms with Gasteiger partial charge in [0.05, 0.1) is 11.1 Å². The number of aromatic nitrogens is 1. The van der Waals surface area contributed by atoms with E-state index in [4.69, 9.17) is 0 Å². The molecule has 1 amide bonds. The number of benzene rings is 2. The lowest BCUT2D eigenvalue weighted by Gasteiger charge is -2.26. The van der Waals surface area contributed by atoms with Gasteiger partial charge >= 0.3 is 0 Å². The van der Waals surface area contributed by atoms with Crippen molar-refractivity contribution in [2.24, 2.45) is 0 Å². The third-order valence-electron chi connectivity index (χ3n) is 5.49. The van der Waals surface area contributed by atoms with Crippen molar-refractivity contribution in [2.75, 3.05) is 0 Å². The number of nitrogens with one attached hydrogen (secondary N) is 1. The highest BCUT2D eigenvalue weighted by Crippen LogP contribution is 2.27. The quantitative estimate of drug-likeness (QED) is 0.632. The number of ketones is 1. The smallest absolute Gasteiger partial charge is 0.253 e. The summed E-state index contributed by atoms with van der Waals surface area (Å²) in [6, 6.07) is 12.5. The van der Waals surface area contributed by atoms with Gasteiger partial charge in [-0.05, 0) is 37.0 Å². The van der Waals surface area contributed by atoms with Gasteiger partial charge in [0, 0.05) is 36.2 Å². The molecular weight excluding hydrogens is 355 g/mol. The summed E-state index contributed by atoms with van der Waals surface area (Å²) in [5.74, 6) is -0.503. The lowest BCUT2D eigenvalue weighted by molar-refractivity contribution is 0.0917. The fraction of sp³-hybridized carbons (Fsp3) is 0.304. The molecule has 1 aliphatic rings. The van der Waals surface area contributed by atoms with Gasteiger partial charge in [0.15, 0.2) is 5.78 Å². The molecular formula is C23H23FN2O2. The number of Topliss-reactive ketones (excluding diaryl/α,β-unsaturated/α-hetero) is 1. The van der Waals surface area contributed by atoms with Crippen molar-refractivity contribution in [2.45, 2.75) is 45.2 Å². The number of nitrogens with zero attached hydrogens (tertiary/aromatic N) is 1. The van der Waals surface area contributed by atoms with Crippen LogP contribution in [-0.2, 0) is 6.54 Å². The predicted octanol–water partition coefficient (Wildman–Crippen LogP) is 4.70. The van der Waals surface area contributed by atoms with Crippen molar-refractivity contribution in [1.82, 2.24) is 9.88 Å². The Labute approximate surface area is 163 Å². The Balaban J connectivity index is 1.66. The fourth-order valence-electron chi connectivity index (χ4n) is 3.62. The number of hydrogen-bond donors (Lipinski definition) is 1. The van der Waals surface area contributed by atoms with Crippen LogP contribution in [0.25, 0.3) is 10.9 Å². The summed E-state index contributed by atoms with van der Waals surface area (Å²) >= 11 is 0. The molecule has 1 heterocycles. The van der Waals surface area contributed by atoms with Crippen LogP contribution in [0.15, 0.2) is 48.7 Å². The zero-order valence-electron chi connectivity index (χ0n) is 15.9. The minimum absolute atomic E-state index is 0.106. The Hall–Kier alpha value is -2.95. The van der Waals surface area contributed by atoms with E-state index in [9.17, 15) is 14.0 Å². The summed E-state index contributed by atoms with van der Waals surface area (Å²) in [4.78, 5) is 24.5. The van der Waals surface area contributed by atoms with Gasteiger partial charge < -0.3 is 9.88 Å². The highest BCUT2D eigenvalue weighted by atomic mass is 19.1. The molecule has 0 saturated heterocycles. The molecule has 1 N–H and O–H groups in total. The highest BCUT2D eigenvalue weighted by molar-refractivity contribution is 6.07. The predicted molar refractivity (Wildman–Crippen MR) is 107 cm³/mol. The Morgan fingerprint density at radius 3 is 2.54 bits per heavy atom. The maximum absolute atomic E-state index is 14.5. The topological polar surface area (TPSA) is 51.1 Å². The van der Waals surface area contributed by atoms with Gasteiger partial charge in [-0.3, -0.25) is 9.59 Å². The summed E-state index contributed by atoms with van der Waals surface area (Å²) in [7, 11) is 0. The van der Waals surface area contributed by atoms with Crippen LogP contribution in [0.1, 0.15) is 58.9 Å². The minimum Gasteiger partial charge on any atom is -0.349 e. The van der Waals surface area contributed by atoms with E-state index in [1.165, 1.54) is 6.07 Å². The summed E-state index contributed by atoms with van der Waals surface area (Å²) in [5, 5.41) is 3.36. The fourth-order valence-corrected chi connectivity index (χ4v) is 3.62. The van der Waals surface area contributed by atoms with Gasteiger partial charge in [-0.1, -0.05) is 37.3 Å². The molecule has 0 unspecified atom stereocenters. The van der Waals surface area contributed by atoms with Crippen molar-refractivity contribution >= 4 is 22.6 Å². The first-order chi connectivity index (χ1) is 13.6. The number of hydrogen-bond acceptors (Lipinski definition) is 2. The Morgan fingerprint density at radius 1 is 1.14 bits per heavy atom. The lowest BCUT2D eigenvalue weighted by Crippen LogP contribution is -2.39. The van der Waals surface area contributed by atoms with Crippen LogP contribution in [0.4, 0.5) is 4.39 Å². The van der Waals surface area contributed by atoms with Gasteiger partial charge in [-0.15, -0.1) is 0 Å². The number of amides is 1. The molecule has 1 aromatic heterocycles. The van der Waals surface area contributed by atoms with Crippen molar-refractivity contribution in [3.8, 4) is 0 Å². The van der Waals surface area contributed by atoms with Gasteiger partial charge in [-0.2, -0.15) is 0 Å². The first-order valence-corrected chi connectivity index (χ1v) is 9.77. The second-order valence-corrected chi connectivity index (χ2v) is 7.38. The Morgan fingerprint density at radius 2 is 1.89 bits per heavy atom. The van der Waals surface area contributed by atoms with Crippen LogP contribution < -0.4 is 5.32 Å². The van der Waals surface area contributed by atoms with Crippen LogP contribution in [-0.4, -0.2) is 22.3 Å². The normalized spacial score (nSPS) is 14.1. The van der Waals surface area contributed by atoms with Crippen LogP contribution in [0, 0.1) is 5.82 Å². The van der Waals surface area contributed by atoms with Crippen LogP contribution in [0.5, 0.6) is 0 Å². The molecule has 0 radical (unpaired) electrons. The molecule has 2 aromatic carbocycles. The maximum Gasteiger partial charge on any atom is 0.253 e. The van der Waals surface area contributed by atoms with Crippen molar-refractivity contribution in [3.63, 3.8) is 0 Å². The molecule has 3 aromatic rings. The molecule has 4 rings (SSSR count). The third kappa shape index (κ3) is 3.44. The second-order valence-electron chi connectivity index (χ2n) is 7.38. The van der Waals surface area contributed by atoms with Crippen LogP contribution in [0.2, 0.25) is 0 Å². The van der Waals surface area contributed by atoms with Gasteiger partial charge in [0.25, 0.3) is 5.91 Å². The summed E-state index contributed by atoms with van der Waals surface area (Å²) in [6.07, 6.45) is 5.29. The van der Waals surface area contributed by atoms with E-state index in [0.717, 1.165) is 24.8 Å². The first kappa shape index (κ1) is 18.4. The molecule has 5 heteroatoms. The summed E-state index contributed by atoms with van der Waals surface area (Å²) in [5.41, 5.74) is 2.74. The Kier molecular flexibility index (Phi) is 4.99. The largest absolute Gasteiger partial charge is 0.349 e. The van der Waals surface area contributed by atoms with Crippen molar-refractivity contribution in [1.29, 1.82) is 0 Å². The zero-order valence-corrected chi connectivity index (χ0v) is 15.9. The number of halogens is 1. The number of fused-ring (bicyclic) bond motifs is 1. The maximum atomic E-state index is 14.5. The first-order valence-electron chi connectivity index (χ1n) is 9.77. The van der Waals surface area contributed by atoms with E-state index in [1.807, 2.05) is 41.8 Å². The van der Waals surface area contributed by atoms with Gasteiger partial charge in [0.1, 0.15) is 5.82 Å². The molecule has 144 valence electrons. The molecule has 1 saturated carbocycles. The standard InChI is InChI=1S/C23H23FN2O2/c1-2-21(27)16-11-9-15(10-12-16)13-26-14-18(23(28)25-17-5-3-6-17)22-19(24)7-4-8-20(22)26/h4,7-12,14,17H,2-3,5-6,13H2,1H3,(H,25,28). The average molecular weight is 378 g/mol. The monoisotopic (exact) mass is 378 g/mol. The summed E-state index contributed by atoms with van der Waals surface area (Å²) < 4.78 is 16.4. The van der Waals surface area contributed by atoms with E-state index < -0.39 is 0 Å². The highest BCUT2D eigenvalue weighted by Gasteiger charge is 2.23. The average Bonchev–Trinajstić information content (AvgIpc) is 3.04. The summed E-state index contributed by atoms with van der Waals surface area (Å²) in [6.45, 7) is 2.34. The van der Waals surface area contributed by atoms with Crippen molar-refractivity contribution < 1.29 is 14.0 Å². The minimum atomic E-state index is -0.390. The molecule has 1 fully saturated rings. The zero-order chi connectivity index (χ0) is 19.7. The molecule has 0 bridgehead atoms. The van der Waals surface area contributed by atoms with Crippen LogP contribution >= 0.6 is 0 Å². The second kappa shape index (κ2) is 7.58. The number of carbonyl (C=O) groups excluding carboxylic acids is 2. The van der Waals surface area contributed by atoms with Crippen LogP contribution in [0.3, 0.4) is 0 Å². The van der Waals surface area contributed by atoms with E-state index in [0.29, 0.717) is 35.0 Å². The Bertz CT molecular complexity index is 1030. The van der Waals surface area contributed by atoms with Gasteiger partial charge in [0.2, 0.25) is 0 Å². The van der Waals surface area contributed by atoms with E-state index in [-0.39, 0.29) is 23.5 Å². The van der Waals surface area contributed by atoms with Crippen molar-refractivity contribution in [3.05, 3.63) is 71.2 Å². The molecule has 0 spiro atoms. The lowest BCUT2D eigenvalue weighted by atomic mass is 9.93. The number of rotatable bonds is 6. The number of carbonyl (C=O) groups is 2. The molecule has 1 aliphatic carbocycles. The molecule has 0 atom stereocenters. The third-order valence-corrected chi connectivity index (χ3v) is 5.49. The van der Waals surface area contributed by atoms with E-state index >= 15 is 0 Å². The van der Waals surface area contributed by atoms with Gasteiger partial charge in [-0.25, -0.2) is 4.39 Å². The molecule has 28 heavy (non-hydrogen) atoms. The molecule has 0 aliphatic heterocycles.